The zero-order chi connectivity index (χ0) is 14.7. The van der Waals surface area contributed by atoms with Crippen LogP contribution in [0.5, 0.6) is 0 Å². The third kappa shape index (κ3) is 3.01. The summed E-state index contributed by atoms with van der Waals surface area (Å²) >= 11 is 0. The van der Waals surface area contributed by atoms with Crippen molar-refractivity contribution >= 4 is 0 Å². The first kappa shape index (κ1) is 13.5. The predicted octanol–water partition coefficient (Wildman–Crippen LogP) is 3.05. The number of rotatable bonds is 4. The monoisotopic (exact) mass is 280 g/mol. The topological polar surface area (TPSA) is 59.2 Å². The van der Waals surface area contributed by atoms with Crippen LogP contribution in [0.25, 0.3) is 0 Å². The molecule has 0 saturated carbocycles. The van der Waals surface area contributed by atoms with Crippen molar-refractivity contribution in [2.75, 3.05) is 0 Å². The van der Waals surface area contributed by atoms with Crippen molar-refractivity contribution in [1.29, 1.82) is 0 Å². The van der Waals surface area contributed by atoms with Gasteiger partial charge in [-0.3, -0.25) is 0 Å². The Bertz CT molecular complexity index is 722. The van der Waals surface area contributed by atoms with Crippen LogP contribution < -0.4 is 0 Å². The molecule has 0 aliphatic rings. The summed E-state index contributed by atoms with van der Waals surface area (Å²) in [5.41, 5.74) is 3.08. The molecule has 1 atom stereocenters. The van der Waals surface area contributed by atoms with Crippen molar-refractivity contribution in [3.05, 3.63) is 83.0 Å². The minimum absolute atomic E-state index is 0.227. The van der Waals surface area contributed by atoms with E-state index < -0.39 is 6.10 Å². The highest BCUT2D eigenvalue weighted by molar-refractivity contribution is 5.28. The van der Waals surface area contributed by atoms with Crippen LogP contribution in [0.1, 0.15) is 34.5 Å². The molecule has 4 heteroatoms. The van der Waals surface area contributed by atoms with Crippen LogP contribution in [0, 0.1) is 6.92 Å². The van der Waals surface area contributed by atoms with Crippen molar-refractivity contribution in [2.45, 2.75) is 19.4 Å². The Morgan fingerprint density at radius 1 is 1.05 bits per heavy atom. The quantitative estimate of drug-likeness (QED) is 0.798. The van der Waals surface area contributed by atoms with Gasteiger partial charge in [-0.1, -0.05) is 59.8 Å². The zero-order valence-electron chi connectivity index (χ0n) is 11.7. The second-order valence-electron chi connectivity index (χ2n) is 4.97. The van der Waals surface area contributed by atoms with Gasteiger partial charge < -0.3 is 9.63 Å². The Balaban J connectivity index is 1.79. The minimum Gasteiger partial charge on any atom is -0.378 e. The van der Waals surface area contributed by atoms with E-state index >= 15 is 0 Å². The maximum Gasteiger partial charge on any atom is 0.260 e. The molecule has 0 aliphatic carbocycles. The smallest absolute Gasteiger partial charge is 0.260 e. The predicted molar refractivity (Wildman–Crippen MR) is 78.8 cm³/mol. The molecule has 106 valence electrons. The fraction of sp³-hybridized carbons (Fsp3) is 0.176. The van der Waals surface area contributed by atoms with E-state index in [2.05, 4.69) is 23.1 Å². The van der Waals surface area contributed by atoms with E-state index in [0.717, 1.165) is 11.1 Å². The Hall–Kier alpha value is -2.46. The van der Waals surface area contributed by atoms with Gasteiger partial charge in [0.2, 0.25) is 0 Å². The number of aryl methyl sites for hydroxylation is 1. The lowest BCUT2D eigenvalue weighted by atomic mass is 10.1. The Labute approximate surface area is 123 Å². The number of benzene rings is 2. The Kier molecular flexibility index (Phi) is 3.79. The van der Waals surface area contributed by atoms with Gasteiger partial charge in [0.15, 0.2) is 11.9 Å². The number of hydrogen-bond donors (Lipinski definition) is 1. The highest BCUT2D eigenvalue weighted by Crippen LogP contribution is 2.20. The molecule has 1 heterocycles. The molecule has 3 aromatic rings. The van der Waals surface area contributed by atoms with Crippen molar-refractivity contribution in [2.24, 2.45) is 0 Å². The summed E-state index contributed by atoms with van der Waals surface area (Å²) in [4.78, 5) is 4.30. The van der Waals surface area contributed by atoms with Crippen molar-refractivity contribution in [3.8, 4) is 0 Å². The molecule has 0 spiro atoms. The highest BCUT2D eigenvalue weighted by atomic mass is 16.5. The molecular weight excluding hydrogens is 264 g/mol. The van der Waals surface area contributed by atoms with Crippen LogP contribution in [-0.2, 0) is 6.42 Å². The van der Waals surface area contributed by atoms with Gasteiger partial charge in [-0.2, -0.15) is 4.98 Å². The summed E-state index contributed by atoms with van der Waals surface area (Å²) in [6, 6.07) is 17.4. The molecule has 0 radical (unpaired) electrons. The minimum atomic E-state index is -0.885. The number of aliphatic hydroxyl groups excluding tert-OH is 1. The average molecular weight is 280 g/mol. The standard InChI is InChI=1S/C17H16N2O2/c1-12-7-5-6-10-14(12)11-15-18-17(21-19-15)16(20)13-8-3-2-4-9-13/h2-10,16,20H,11H2,1H3. The normalized spacial score (nSPS) is 12.3. The van der Waals surface area contributed by atoms with Crippen molar-refractivity contribution in [1.82, 2.24) is 10.1 Å². The van der Waals surface area contributed by atoms with E-state index in [4.69, 9.17) is 4.52 Å². The molecule has 0 bridgehead atoms. The number of aromatic nitrogens is 2. The fourth-order valence-electron chi connectivity index (χ4n) is 2.21. The summed E-state index contributed by atoms with van der Waals surface area (Å²) in [7, 11) is 0. The van der Waals surface area contributed by atoms with Crippen molar-refractivity contribution in [3.63, 3.8) is 0 Å². The molecule has 0 aliphatic heterocycles. The molecule has 2 aromatic carbocycles. The largest absolute Gasteiger partial charge is 0.378 e. The van der Waals surface area contributed by atoms with E-state index in [9.17, 15) is 5.11 Å². The summed E-state index contributed by atoms with van der Waals surface area (Å²) in [5.74, 6) is 0.805. The van der Waals surface area contributed by atoms with Gasteiger partial charge in [0.05, 0.1) is 0 Å². The van der Waals surface area contributed by atoms with Crippen LogP contribution in [0.15, 0.2) is 59.1 Å². The van der Waals surface area contributed by atoms with E-state index in [1.54, 1.807) is 0 Å². The molecule has 0 saturated heterocycles. The van der Waals surface area contributed by atoms with Gasteiger partial charge in [0, 0.05) is 6.42 Å². The van der Waals surface area contributed by atoms with Gasteiger partial charge in [0.1, 0.15) is 0 Å². The van der Waals surface area contributed by atoms with Crippen molar-refractivity contribution < 1.29 is 9.63 Å². The first-order chi connectivity index (χ1) is 10.2. The van der Waals surface area contributed by atoms with E-state index in [1.165, 1.54) is 5.56 Å². The lowest BCUT2D eigenvalue weighted by Crippen LogP contribution is -2.00. The Morgan fingerprint density at radius 2 is 1.76 bits per heavy atom. The first-order valence-electron chi connectivity index (χ1n) is 6.84. The molecule has 21 heavy (non-hydrogen) atoms. The second-order valence-corrected chi connectivity index (χ2v) is 4.97. The van der Waals surface area contributed by atoms with Gasteiger partial charge in [0.25, 0.3) is 5.89 Å². The van der Waals surface area contributed by atoms with Gasteiger partial charge in [-0.05, 0) is 23.6 Å². The van der Waals surface area contributed by atoms with Gasteiger partial charge in [-0.15, -0.1) is 0 Å². The summed E-state index contributed by atoms with van der Waals surface area (Å²) < 4.78 is 5.18. The maximum absolute atomic E-state index is 10.2. The molecule has 0 fully saturated rings. The summed E-state index contributed by atoms with van der Waals surface area (Å²) in [5, 5.41) is 14.2. The van der Waals surface area contributed by atoms with E-state index in [-0.39, 0.29) is 5.89 Å². The SMILES string of the molecule is Cc1ccccc1Cc1noc(C(O)c2ccccc2)n1. The van der Waals surface area contributed by atoms with Crippen LogP contribution in [-0.4, -0.2) is 15.2 Å². The summed E-state index contributed by atoms with van der Waals surface area (Å²) in [6.07, 6.45) is -0.290. The molecule has 1 aromatic heterocycles. The summed E-state index contributed by atoms with van der Waals surface area (Å²) in [6.45, 7) is 2.05. The Morgan fingerprint density at radius 3 is 2.52 bits per heavy atom. The molecule has 1 unspecified atom stereocenters. The number of aliphatic hydroxyl groups is 1. The molecule has 1 N–H and O–H groups in total. The van der Waals surface area contributed by atoms with Gasteiger partial charge in [-0.25, -0.2) is 0 Å². The highest BCUT2D eigenvalue weighted by Gasteiger charge is 2.18. The maximum atomic E-state index is 10.2. The third-order valence-electron chi connectivity index (χ3n) is 3.44. The third-order valence-corrected chi connectivity index (χ3v) is 3.44. The molecular formula is C17H16N2O2. The van der Waals surface area contributed by atoms with E-state index in [1.807, 2.05) is 48.5 Å². The zero-order valence-corrected chi connectivity index (χ0v) is 11.7. The van der Waals surface area contributed by atoms with Gasteiger partial charge >= 0.3 is 0 Å². The van der Waals surface area contributed by atoms with Crippen LogP contribution >= 0.6 is 0 Å². The molecule has 3 rings (SSSR count). The average Bonchev–Trinajstić information content (AvgIpc) is 2.98. The van der Waals surface area contributed by atoms with Crippen LogP contribution in [0.2, 0.25) is 0 Å². The van der Waals surface area contributed by atoms with E-state index in [0.29, 0.717) is 12.2 Å². The first-order valence-corrected chi connectivity index (χ1v) is 6.84. The second kappa shape index (κ2) is 5.89. The molecule has 0 amide bonds. The number of nitrogens with zero attached hydrogens (tertiary/aromatic N) is 2. The lowest BCUT2D eigenvalue weighted by molar-refractivity contribution is 0.170. The fourth-order valence-corrected chi connectivity index (χ4v) is 2.21. The molecule has 4 nitrogen and oxygen atoms in total. The lowest BCUT2D eigenvalue weighted by Gasteiger charge is -2.04. The van der Waals surface area contributed by atoms with Crippen LogP contribution in [0.3, 0.4) is 0 Å². The number of hydrogen-bond acceptors (Lipinski definition) is 4. The van der Waals surface area contributed by atoms with Crippen LogP contribution in [0.4, 0.5) is 0 Å².